The number of ether oxygens (including phenoxy) is 1. The van der Waals surface area contributed by atoms with Crippen LogP contribution < -0.4 is 9.61 Å². The maximum atomic E-state index is 13.5. The number of hydrogen-bond donors (Lipinski definition) is 2. The molecule has 0 spiro atoms. The van der Waals surface area contributed by atoms with Gasteiger partial charge in [-0.15, -0.1) is 0 Å². The van der Waals surface area contributed by atoms with E-state index in [1.807, 2.05) is 0 Å². The summed E-state index contributed by atoms with van der Waals surface area (Å²) in [5, 5.41) is 11.8. The maximum Gasteiger partial charge on any atom is 0.459 e. The summed E-state index contributed by atoms with van der Waals surface area (Å²) in [6.07, 6.45) is -0.341. The summed E-state index contributed by atoms with van der Waals surface area (Å²) in [7, 11) is -4.04. The molecule has 0 saturated heterocycles. The number of halogens is 2. The standard InChI is InChI=1S/C20H22Br2NO7P/c1-12(2)29-20(26)13(3)23-31(27,30-15-7-5-4-6-8-15)28-11-16-17(21)9-14(19(24)25)10-18(16)22/h4-10,12-13H,11H2,1-3H3,(H,23,27)(H,24,25)/t13-,31?/m0/s1. The van der Waals surface area contributed by atoms with Gasteiger partial charge in [-0.05, 0) is 45.0 Å². The molecule has 1 unspecified atom stereocenters. The average molecular weight is 579 g/mol. The van der Waals surface area contributed by atoms with Crippen molar-refractivity contribution in [3.63, 3.8) is 0 Å². The summed E-state index contributed by atoms with van der Waals surface area (Å²) in [4.78, 5) is 23.4. The Morgan fingerprint density at radius 1 is 1.10 bits per heavy atom. The first-order chi connectivity index (χ1) is 14.5. The average Bonchev–Trinajstić information content (AvgIpc) is 2.67. The van der Waals surface area contributed by atoms with Gasteiger partial charge in [-0.3, -0.25) is 9.32 Å². The summed E-state index contributed by atoms with van der Waals surface area (Å²) in [6, 6.07) is 10.2. The SMILES string of the molecule is CC(C)OC(=O)[C@H](C)NP(=O)(OCc1c(Br)cc(C(=O)O)cc1Br)Oc1ccccc1. The molecule has 0 aliphatic rings. The fraction of sp³-hybridized carbons (Fsp3) is 0.300. The lowest BCUT2D eigenvalue weighted by molar-refractivity contribution is -0.149. The molecule has 0 saturated carbocycles. The van der Waals surface area contributed by atoms with E-state index in [1.54, 1.807) is 44.2 Å². The van der Waals surface area contributed by atoms with Crippen molar-refractivity contribution in [2.75, 3.05) is 0 Å². The van der Waals surface area contributed by atoms with Crippen LogP contribution in [0.5, 0.6) is 5.75 Å². The molecule has 8 nitrogen and oxygen atoms in total. The molecule has 0 fully saturated rings. The molecular formula is C20H22Br2NO7P. The van der Waals surface area contributed by atoms with Gasteiger partial charge >= 0.3 is 19.7 Å². The van der Waals surface area contributed by atoms with E-state index in [2.05, 4.69) is 36.9 Å². The van der Waals surface area contributed by atoms with E-state index < -0.39 is 25.7 Å². The molecule has 0 radical (unpaired) electrons. The number of carboxylic acid groups (broad SMARTS) is 1. The highest BCUT2D eigenvalue weighted by atomic mass is 79.9. The minimum Gasteiger partial charge on any atom is -0.478 e. The molecule has 0 heterocycles. The molecule has 2 aromatic carbocycles. The number of para-hydroxylation sites is 1. The first kappa shape index (κ1) is 25.5. The van der Waals surface area contributed by atoms with Crippen LogP contribution in [-0.4, -0.2) is 29.2 Å². The third-order valence-corrected chi connectivity index (χ3v) is 6.83. The van der Waals surface area contributed by atoms with E-state index >= 15 is 0 Å². The molecule has 168 valence electrons. The maximum absolute atomic E-state index is 13.5. The van der Waals surface area contributed by atoms with Crippen LogP contribution in [0.15, 0.2) is 51.4 Å². The molecule has 2 rings (SSSR count). The Balaban J connectivity index is 2.26. The minimum atomic E-state index is -4.04. The van der Waals surface area contributed by atoms with Gasteiger partial charge in [-0.25, -0.2) is 9.36 Å². The predicted octanol–water partition coefficient (Wildman–Crippen LogP) is 5.54. The Labute approximate surface area is 197 Å². The summed E-state index contributed by atoms with van der Waals surface area (Å²) in [5.41, 5.74) is 0.579. The van der Waals surface area contributed by atoms with Crippen molar-refractivity contribution in [1.82, 2.24) is 5.09 Å². The number of carbonyl (C=O) groups is 2. The smallest absolute Gasteiger partial charge is 0.459 e. The molecule has 0 aliphatic heterocycles. The van der Waals surface area contributed by atoms with Crippen LogP contribution >= 0.6 is 39.6 Å². The third kappa shape index (κ3) is 7.73. The Kier molecular flexibility index (Phi) is 9.27. The Hall–Kier alpha value is -1.71. The largest absolute Gasteiger partial charge is 0.478 e. The van der Waals surface area contributed by atoms with Crippen molar-refractivity contribution in [2.24, 2.45) is 0 Å². The summed E-state index contributed by atoms with van der Waals surface area (Å²) in [5.74, 6) is -1.42. The quantitative estimate of drug-likeness (QED) is 0.279. The van der Waals surface area contributed by atoms with Crippen LogP contribution in [0.3, 0.4) is 0 Å². The zero-order valence-corrected chi connectivity index (χ0v) is 21.1. The van der Waals surface area contributed by atoms with Crippen LogP contribution in [-0.2, 0) is 25.2 Å². The Morgan fingerprint density at radius 2 is 1.68 bits per heavy atom. The fourth-order valence-electron chi connectivity index (χ4n) is 2.35. The highest BCUT2D eigenvalue weighted by Gasteiger charge is 2.33. The van der Waals surface area contributed by atoms with Gasteiger partial charge in [0.05, 0.1) is 18.3 Å². The van der Waals surface area contributed by atoms with Crippen LogP contribution in [0.4, 0.5) is 0 Å². The molecule has 2 aromatic rings. The lowest BCUT2D eigenvalue weighted by Gasteiger charge is -2.23. The number of carbonyl (C=O) groups excluding carboxylic acids is 1. The van der Waals surface area contributed by atoms with Gasteiger partial charge in [0.1, 0.15) is 11.8 Å². The summed E-state index contributed by atoms with van der Waals surface area (Å²) >= 11 is 6.61. The second-order valence-electron chi connectivity index (χ2n) is 6.74. The Morgan fingerprint density at radius 3 is 2.19 bits per heavy atom. The van der Waals surface area contributed by atoms with Crippen LogP contribution in [0, 0.1) is 0 Å². The number of hydrogen-bond acceptors (Lipinski definition) is 6. The van der Waals surface area contributed by atoms with Crippen LogP contribution in [0.2, 0.25) is 0 Å². The van der Waals surface area contributed by atoms with Gasteiger partial charge in [0.15, 0.2) is 0 Å². The first-order valence-electron chi connectivity index (χ1n) is 9.19. The first-order valence-corrected chi connectivity index (χ1v) is 12.3. The lowest BCUT2D eigenvalue weighted by atomic mass is 10.1. The highest BCUT2D eigenvalue weighted by molar-refractivity contribution is 9.11. The van der Waals surface area contributed by atoms with Gasteiger partial charge in [-0.1, -0.05) is 50.1 Å². The van der Waals surface area contributed by atoms with Crippen molar-refractivity contribution >= 4 is 51.5 Å². The van der Waals surface area contributed by atoms with Crippen molar-refractivity contribution in [1.29, 1.82) is 0 Å². The van der Waals surface area contributed by atoms with Gasteiger partial charge in [0, 0.05) is 14.5 Å². The predicted molar refractivity (Wildman–Crippen MR) is 122 cm³/mol. The Bertz CT molecular complexity index is 962. The molecule has 2 atom stereocenters. The number of aromatic carboxylic acids is 1. The molecular weight excluding hydrogens is 557 g/mol. The van der Waals surface area contributed by atoms with Crippen molar-refractivity contribution < 1.29 is 33.0 Å². The normalized spacial score (nSPS) is 14.0. The van der Waals surface area contributed by atoms with E-state index in [0.717, 1.165) is 0 Å². The van der Waals surface area contributed by atoms with Crippen molar-refractivity contribution in [3.8, 4) is 5.75 Å². The van der Waals surface area contributed by atoms with Gasteiger partial charge < -0.3 is 14.4 Å². The van der Waals surface area contributed by atoms with Crippen LogP contribution in [0.25, 0.3) is 0 Å². The number of nitrogens with one attached hydrogen (secondary N) is 1. The lowest BCUT2D eigenvalue weighted by Crippen LogP contribution is -2.36. The number of rotatable bonds is 10. The monoisotopic (exact) mass is 577 g/mol. The molecule has 0 aliphatic carbocycles. The van der Waals surface area contributed by atoms with E-state index in [4.69, 9.17) is 13.8 Å². The minimum absolute atomic E-state index is 0.0643. The summed E-state index contributed by atoms with van der Waals surface area (Å²) in [6.45, 7) is 4.70. The molecule has 0 bridgehead atoms. The van der Waals surface area contributed by atoms with E-state index in [1.165, 1.54) is 19.1 Å². The van der Waals surface area contributed by atoms with Gasteiger partial charge in [0.25, 0.3) is 0 Å². The highest BCUT2D eigenvalue weighted by Crippen LogP contribution is 2.46. The van der Waals surface area contributed by atoms with E-state index in [-0.39, 0.29) is 24.0 Å². The van der Waals surface area contributed by atoms with Gasteiger partial charge in [0.2, 0.25) is 0 Å². The summed E-state index contributed by atoms with van der Waals surface area (Å²) < 4.78 is 30.7. The molecule has 11 heteroatoms. The number of carboxylic acids is 1. The second-order valence-corrected chi connectivity index (χ2v) is 10.1. The van der Waals surface area contributed by atoms with E-state index in [9.17, 15) is 19.3 Å². The molecule has 31 heavy (non-hydrogen) atoms. The molecule has 0 aromatic heterocycles. The topological polar surface area (TPSA) is 111 Å². The second kappa shape index (κ2) is 11.2. The van der Waals surface area contributed by atoms with Crippen molar-refractivity contribution in [2.45, 2.75) is 39.5 Å². The zero-order valence-electron chi connectivity index (χ0n) is 17.0. The number of esters is 1. The fourth-order valence-corrected chi connectivity index (χ4v) is 5.22. The zero-order chi connectivity index (χ0) is 23.2. The van der Waals surface area contributed by atoms with Crippen LogP contribution in [0.1, 0.15) is 36.7 Å². The van der Waals surface area contributed by atoms with Crippen molar-refractivity contribution in [3.05, 3.63) is 62.5 Å². The number of benzene rings is 2. The molecule has 0 amide bonds. The van der Waals surface area contributed by atoms with Gasteiger partial charge in [-0.2, -0.15) is 5.09 Å². The molecule has 2 N–H and O–H groups in total. The van der Waals surface area contributed by atoms with E-state index in [0.29, 0.717) is 14.5 Å². The third-order valence-electron chi connectivity index (χ3n) is 3.79.